The second-order valence-corrected chi connectivity index (χ2v) is 5.51. The third kappa shape index (κ3) is 5.21. The molecule has 21 heavy (non-hydrogen) atoms. The summed E-state index contributed by atoms with van der Waals surface area (Å²) < 4.78 is 0. The van der Waals surface area contributed by atoms with Crippen molar-refractivity contribution in [1.29, 1.82) is 0 Å². The Morgan fingerprint density at radius 3 is 2.71 bits per heavy atom. The predicted molar refractivity (Wildman–Crippen MR) is 87.4 cm³/mol. The smallest absolute Gasteiger partial charge is 0.234 e. The van der Waals surface area contributed by atoms with Gasteiger partial charge in [0.25, 0.3) is 0 Å². The molecule has 1 aromatic carbocycles. The van der Waals surface area contributed by atoms with Gasteiger partial charge in [-0.25, -0.2) is 0 Å². The molecule has 110 valence electrons. The Morgan fingerprint density at radius 2 is 1.95 bits per heavy atom. The van der Waals surface area contributed by atoms with Gasteiger partial charge in [0.05, 0.1) is 5.75 Å². The van der Waals surface area contributed by atoms with Crippen molar-refractivity contribution in [2.24, 2.45) is 0 Å². The first-order valence-corrected chi connectivity index (χ1v) is 7.89. The Bertz CT molecular complexity index is 575. The van der Waals surface area contributed by atoms with Gasteiger partial charge in [0.2, 0.25) is 5.91 Å². The zero-order valence-electron chi connectivity index (χ0n) is 12.0. The molecule has 0 fully saturated rings. The van der Waals surface area contributed by atoms with Crippen LogP contribution in [-0.4, -0.2) is 23.2 Å². The van der Waals surface area contributed by atoms with Crippen molar-refractivity contribution in [3.05, 3.63) is 54.4 Å². The summed E-state index contributed by atoms with van der Waals surface area (Å²) >= 11 is 1.50. The quantitative estimate of drug-likeness (QED) is 0.772. The van der Waals surface area contributed by atoms with Crippen LogP contribution in [-0.2, 0) is 11.3 Å². The molecule has 1 amide bonds. The minimum atomic E-state index is 0.000704. The highest BCUT2D eigenvalue weighted by molar-refractivity contribution is 8.00. The summed E-state index contributed by atoms with van der Waals surface area (Å²) in [6.45, 7) is 3.72. The monoisotopic (exact) mass is 301 g/mol. The van der Waals surface area contributed by atoms with Gasteiger partial charge in [-0.1, -0.05) is 25.1 Å². The molecule has 1 aromatic heterocycles. The minimum Gasteiger partial charge on any atom is -0.325 e. The molecule has 2 rings (SSSR count). The van der Waals surface area contributed by atoms with Gasteiger partial charge < -0.3 is 10.6 Å². The van der Waals surface area contributed by atoms with E-state index in [1.807, 2.05) is 36.4 Å². The van der Waals surface area contributed by atoms with Gasteiger partial charge in [0.1, 0.15) is 0 Å². The molecular weight excluding hydrogens is 282 g/mol. The van der Waals surface area contributed by atoms with Gasteiger partial charge in [0, 0.05) is 29.5 Å². The van der Waals surface area contributed by atoms with E-state index < -0.39 is 0 Å². The molecule has 0 unspecified atom stereocenters. The summed E-state index contributed by atoms with van der Waals surface area (Å²) in [5.74, 6) is 0.389. The number of carbonyl (C=O) groups excluding carboxylic acids is 1. The van der Waals surface area contributed by atoms with Crippen LogP contribution in [0.2, 0.25) is 0 Å². The van der Waals surface area contributed by atoms with Crippen molar-refractivity contribution in [2.75, 3.05) is 17.6 Å². The van der Waals surface area contributed by atoms with Gasteiger partial charge in [-0.3, -0.25) is 9.78 Å². The standard InChI is InChI=1S/C16H19N3OS/c1-2-17-11-13-5-3-4-6-15(13)19-16(20)12-21-14-7-9-18-10-8-14/h3-10,17H,2,11-12H2,1H3,(H,19,20). The van der Waals surface area contributed by atoms with Crippen LogP contribution in [0.3, 0.4) is 0 Å². The highest BCUT2D eigenvalue weighted by Crippen LogP contribution is 2.18. The molecule has 0 bridgehead atoms. The highest BCUT2D eigenvalue weighted by atomic mass is 32.2. The summed E-state index contributed by atoms with van der Waals surface area (Å²) in [7, 11) is 0. The van der Waals surface area contributed by atoms with E-state index >= 15 is 0 Å². The summed E-state index contributed by atoms with van der Waals surface area (Å²) in [5, 5.41) is 6.25. The first kappa shape index (κ1) is 15.5. The summed E-state index contributed by atoms with van der Waals surface area (Å²) in [4.78, 5) is 17.0. The first-order chi connectivity index (χ1) is 10.3. The van der Waals surface area contributed by atoms with E-state index in [0.29, 0.717) is 5.75 Å². The lowest BCUT2D eigenvalue weighted by atomic mass is 10.1. The normalized spacial score (nSPS) is 10.3. The van der Waals surface area contributed by atoms with Crippen LogP contribution < -0.4 is 10.6 Å². The number of carbonyl (C=O) groups is 1. The number of aromatic nitrogens is 1. The van der Waals surface area contributed by atoms with Crippen molar-refractivity contribution in [2.45, 2.75) is 18.4 Å². The summed E-state index contributed by atoms with van der Waals surface area (Å²) in [5.41, 5.74) is 1.97. The van der Waals surface area contributed by atoms with Crippen molar-refractivity contribution in [3.8, 4) is 0 Å². The molecular formula is C16H19N3OS. The zero-order valence-corrected chi connectivity index (χ0v) is 12.8. The number of anilines is 1. The van der Waals surface area contributed by atoms with Crippen molar-refractivity contribution in [1.82, 2.24) is 10.3 Å². The van der Waals surface area contributed by atoms with Crippen molar-refractivity contribution >= 4 is 23.4 Å². The Hall–Kier alpha value is -1.85. The SMILES string of the molecule is CCNCc1ccccc1NC(=O)CSc1ccncc1. The number of para-hydroxylation sites is 1. The maximum absolute atomic E-state index is 12.0. The maximum atomic E-state index is 12.0. The van der Waals surface area contributed by atoms with E-state index in [2.05, 4.69) is 22.5 Å². The van der Waals surface area contributed by atoms with E-state index in [0.717, 1.165) is 29.2 Å². The van der Waals surface area contributed by atoms with Crippen LogP contribution in [0.25, 0.3) is 0 Å². The number of thioether (sulfide) groups is 1. The van der Waals surface area contributed by atoms with E-state index in [4.69, 9.17) is 0 Å². The van der Waals surface area contributed by atoms with Gasteiger partial charge in [-0.05, 0) is 30.3 Å². The van der Waals surface area contributed by atoms with Crippen molar-refractivity contribution in [3.63, 3.8) is 0 Å². The molecule has 0 atom stereocenters. The largest absolute Gasteiger partial charge is 0.325 e. The van der Waals surface area contributed by atoms with Gasteiger partial charge >= 0.3 is 0 Å². The number of nitrogens with zero attached hydrogens (tertiary/aromatic N) is 1. The number of hydrogen-bond donors (Lipinski definition) is 2. The number of pyridine rings is 1. The number of amides is 1. The fraction of sp³-hybridized carbons (Fsp3) is 0.250. The number of hydrogen-bond acceptors (Lipinski definition) is 4. The molecule has 0 saturated heterocycles. The lowest BCUT2D eigenvalue weighted by molar-refractivity contribution is -0.113. The average Bonchev–Trinajstić information content (AvgIpc) is 2.53. The molecule has 2 aromatic rings. The lowest BCUT2D eigenvalue weighted by Gasteiger charge is -2.11. The van der Waals surface area contributed by atoms with Crippen LogP contribution in [0.5, 0.6) is 0 Å². The van der Waals surface area contributed by atoms with Crippen molar-refractivity contribution < 1.29 is 4.79 Å². The van der Waals surface area contributed by atoms with E-state index in [9.17, 15) is 4.79 Å². The third-order valence-corrected chi connectivity index (χ3v) is 3.89. The van der Waals surface area contributed by atoms with Gasteiger partial charge in [0.15, 0.2) is 0 Å². The molecule has 0 aliphatic rings. The molecule has 2 N–H and O–H groups in total. The van der Waals surface area contributed by atoms with E-state index in [1.165, 1.54) is 11.8 Å². The third-order valence-electron chi connectivity index (χ3n) is 2.88. The zero-order chi connectivity index (χ0) is 14.9. The summed E-state index contributed by atoms with van der Waals surface area (Å²) in [6, 6.07) is 11.7. The Balaban J connectivity index is 1.90. The lowest BCUT2D eigenvalue weighted by Crippen LogP contribution is -2.18. The van der Waals surface area contributed by atoms with Crippen LogP contribution in [0.15, 0.2) is 53.7 Å². The molecule has 0 radical (unpaired) electrons. The molecule has 1 heterocycles. The first-order valence-electron chi connectivity index (χ1n) is 6.91. The molecule has 5 heteroatoms. The molecule has 0 aliphatic carbocycles. The average molecular weight is 301 g/mol. The Labute approximate surface area is 129 Å². The second-order valence-electron chi connectivity index (χ2n) is 4.46. The van der Waals surface area contributed by atoms with Crippen LogP contribution in [0, 0.1) is 0 Å². The Kier molecular flexibility index (Phi) is 6.24. The van der Waals surface area contributed by atoms with E-state index in [-0.39, 0.29) is 5.91 Å². The molecule has 0 aliphatic heterocycles. The minimum absolute atomic E-state index is 0.000704. The Morgan fingerprint density at radius 1 is 1.19 bits per heavy atom. The van der Waals surface area contributed by atoms with Gasteiger partial charge in [-0.2, -0.15) is 0 Å². The number of benzene rings is 1. The number of nitrogens with one attached hydrogen (secondary N) is 2. The molecule has 0 saturated carbocycles. The predicted octanol–water partition coefficient (Wildman–Crippen LogP) is 2.92. The topological polar surface area (TPSA) is 54.0 Å². The maximum Gasteiger partial charge on any atom is 0.234 e. The molecule has 0 spiro atoms. The molecule has 4 nitrogen and oxygen atoms in total. The number of rotatable bonds is 7. The second kappa shape index (κ2) is 8.44. The van der Waals surface area contributed by atoms with E-state index in [1.54, 1.807) is 12.4 Å². The summed E-state index contributed by atoms with van der Waals surface area (Å²) in [6.07, 6.45) is 3.46. The highest BCUT2D eigenvalue weighted by Gasteiger charge is 2.07. The fourth-order valence-corrected chi connectivity index (χ4v) is 2.51. The van der Waals surface area contributed by atoms with Crippen LogP contribution in [0.4, 0.5) is 5.69 Å². The van der Waals surface area contributed by atoms with Gasteiger partial charge in [-0.15, -0.1) is 11.8 Å². The van der Waals surface area contributed by atoms with Crippen LogP contribution >= 0.6 is 11.8 Å². The fourth-order valence-electron chi connectivity index (χ4n) is 1.83. The van der Waals surface area contributed by atoms with Crippen LogP contribution in [0.1, 0.15) is 12.5 Å².